The molecule has 0 aliphatic carbocycles. The molecule has 0 aliphatic heterocycles. The van der Waals surface area contributed by atoms with Crippen molar-refractivity contribution in [2.75, 3.05) is 0 Å². The summed E-state index contributed by atoms with van der Waals surface area (Å²) >= 11 is -2.54. The van der Waals surface area contributed by atoms with E-state index in [0.717, 1.165) is 13.3 Å². The van der Waals surface area contributed by atoms with Gasteiger partial charge in [0.05, 0.1) is 0 Å². The zero-order valence-electron chi connectivity index (χ0n) is 8.02. The number of hydrogen-bond donors (Lipinski definition) is 0. The van der Waals surface area contributed by atoms with E-state index >= 15 is 0 Å². The number of carbonyl (C=O) groups is 1. The van der Waals surface area contributed by atoms with E-state index in [1.54, 1.807) is 0 Å². The fourth-order valence-electron chi connectivity index (χ4n) is 1.19. The first-order chi connectivity index (χ1) is 5.64. The Morgan fingerprint density at radius 3 is 2.00 bits per heavy atom. The van der Waals surface area contributed by atoms with Gasteiger partial charge in [0.15, 0.2) is 0 Å². The molecule has 0 saturated heterocycles. The molecule has 0 aromatic carbocycles. The molecule has 0 aromatic heterocycles. The van der Waals surface area contributed by atoms with E-state index in [1.807, 2.05) is 5.92 Å². The zero-order chi connectivity index (χ0) is 9.61. The third-order valence-corrected chi connectivity index (χ3v) is 15.2. The van der Waals surface area contributed by atoms with Gasteiger partial charge in [-0.25, -0.2) is 0 Å². The van der Waals surface area contributed by atoms with Gasteiger partial charge in [-0.3, -0.25) is 0 Å². The Balaban J connectivity index is 4.32. The van der Waals surface area contributed by atoms with Crippen molar-refractivity contribution >= 4 is 24.8 Å². The van der Waals surface area contributed by atoms with Gasteiger partial charge < -0.3 is 0 Å². The molecule has 0 amide bonds. The van der Waals surface area contributed by atoms with Crippen LogP contribution in [0.3, 0.4) is 0 Å². The summed E-state index contributed by atoms with van der Waals surface area (Å²) in [6, 6.07) is 0. The molecule has 0 radical (unpaired) electrons. The Bertz CT molecular complexity index is 181. The molecule has 0 spiro atoms. The van der Waals surface area contributed by atoms with Crippen molar-refractivity contribution in [1.82, 2.24) is 0 Å². The maximum absolute atomic E-state index is 10.9. The van der Waals surface area contributed by atoms with Crippen LogP contribution in [0.15, 0.2) is 0 Å². The van der Waals surface area contributed by atoms with Crippen LogP contribution in [0.1, 0.15) is 20.8 Å². The van der Waals surface area contributed by atoms with E-state index in [4.69, 9.17) is 9.50 Å². The molecule has 68 valence electrons. The summed E-state index contributed by atoms with van der Waals surface area (Å²) < 4.78 is 8.44. The second-order valence-electron chi connectivity index (χ2n) is 2.78. The van der Waals surface area contributed by atoms with E-state index in [1.165, 1.54) is 0 Å². The van der Waals surface area contributed by atoms with Gasteiger partial charge in [0.2, 0.25) is 0 Å². The van der Waals surface area contributed by atoms with Crippen LogP contribution in [-0.4, -0.2) is 24.8 Å². The first-order valence-electron chi connectivity index (χ1n) is 4.33. The van der Waals surface area contributed by atoms with Crippen molar-refractivity contribution in [2.24, 2.45) is 0 Å². The van der Waals surface area contributed by atoms with Crippen molar-refractivity contribution in [2.45, 2.75) is 34.1 Å². The molecule has 0 N–H and O–H groups in total. The van der Waals surface area contributed by atoms with Gasteiger partial charge in [-0.2, -0.15) is 0 Å². The molecule has 0 heterocycles. The van der Waals surface area contributed by atoms with Crippen molar-refractivity contribution < 1.29 is 7.87 Å². The molecule has 12 heavy (non-hydrogen) atoms. The maximum atomic E-state index is 10.9. The number of rotatable bonds is 4. The van der Waals surface area contributed by atoms with Crippen molar-refractivity contribution in [3.05, 3.63) is 0 Å². The SMILES string of the molecule is C#CC(=O)[O][Sn]([CH2]C)([CH2]C)[CH2]C. The monoisotopic (exact) mass is 276 g/mol. The zero-order valence-corrected chi connectivity index (χ0v) is 10.9. The Labute approximate surface area is 79.1 Å². The normalized spacial score (nSPS) is 10.5. The molecule has 0 atom stereocenters. The Morgan fingerprint density at radius 1 is 1.33 bits per heavy atom. The van der Waals surface area contributed by atoms with Crippen LogP contribution >= 0.6 is 0 Å². The van der Waals surface area contributed by atoms with Crippen LogP contribution in [0.5, 0.6) is 0 Å². The average molecular weight is 275 g/mol. The molecule has 0 rings (SSSR count). The number of carbonyl (C=O) groups excluding carboxylic acids is 1. The van der Waals surface area contributed by atoms with Gasteiger partial charge in [-0.15, -0.1) is 0 Å². The minimum atomic E-state index is -2.54. The third-order valence-electron chi connectivity index (χ3n) is 2.36. The van der Waals surface area contributed by atoms with Gasteiger partial charge in [0.1, 0.15) is 0 Å². The summed E-state index contributed by atoms with van der Waals surface area (Å²) in [6.07, 6.45) is 4.95. The van der Waals surface area contributed by atoms with Crippen molar-refractivity contribution in [3.8, 4) is 12.3 Å². The van der Waals surface area contributed by atoms with E-state index in [0.29, 0.717) is 0 Å². The molecule has 0 saturated carbocycles. The van der Waals surface area contributed by atoms with Crippen LogP contribution in [0, 0.1) is 12.3 Å². The predicted octanol–water partition coefficient (Wildman–Crippen LogP) is 2.17. The van der Waals surface area contributed by atoms with Crippen LogP contribution in [0.2, 0.25) is 13.3 Å². The average Bonchev–Trinajstić information content (AvgIpc) is 2.14. The third kappa shape index (κ3) is 3.06. The van der Waals surface area contributed by atoms with Gasteiger partial charge in [0, 0.05) is 0 Å². The molecular formula is C9H16O2Sn. The van der Waals surface area contributed by atoms with Gasteiger partial charge in [-0.05, 0) is 0 Å². The Morgan fingerprint density at radius 2 is 1.75 bits per heavy atom. The molecule has 0 aliphatic rings. The quantitative estimate of drug-likeness (QED) is 0.580. The van der Waals surface area contributed by atoms with E-state index in [2.05, 4.69) is 20.8 Å². The fraction of sp³-hybridized carbons (Fsp3) is 0.667. The topological polar surface area (TPSA) is 26.3 Å². The van der Waals surface area contributed by atoms with Gasteiger partial charge in [0.25, 0.3) is 0 Å². The number of hydrogen-bond acceptors (Lipinski definition) is 2. The van der Waals surface area contributed by atoms with Crippen molar-refractivity contribution in [3.63, 3.8) is 0 Å². The Kier molecular flexibility index (Phi) is 5.39. The Hall–Kier alpha value is -0.171. The van der Waals surface area contributed by atoms with Crippen LogP contribution in [-0.2, 0) is 7.87 Å². The molecular weight excluding hydrogens is 259 g/mol. The van der Waals surface area contributed by atoms with E-state index in [-0.39, 0.29) is 0 Å². The number of terminal acetylenes is 1. The predicted molar refractivity (Wildman–Crippen MR) is 52.1 cm³/mol. The second-order valence-corrected chi connectivity index (χ2v) is 16.2. The second kappa shape index (κ2) is 5.47. The van der Waals surface area contributed by atoms with E-state index < -0.39 is 24.8 Å². The fourth-order valence-corrected chi connectivity index (χ4v) is 8.00. The summed E-state index contributed by atoms with van der Waals surface area (Å²) in [6.45, 7) is 6.27. The summed E-state index contributed by atoms with van der Waals surface area (Å²) in [5, 5.41) is 0. The summed E-state index contributed by atoms with van der Waals surface area (Å²) in [5.41, 5.74) is 0. The summed E-state index contributed by atoms with van der Waals surface area (Å²) in [5.74, 6) is 1.55. The van der Waals surface area contributed by atoms with Crippen LogP contribution in [0.4, 0.5) is 0 Å². The van der Waals surface area contributed by atoms with Crippen LogP contribution in [0.25, 0.3) is 0 Å². The molecule has 3 heteroatoms. The molecule has 2 nitrogen and oxygen atoms in total. The first-order valence-corrected chi connectivity index (χ1v) is 11.6. The molecule has 0 aromatic rings. The van der Waals surface area contributed by atoms with Crippen molar-refractivity contribution in [1.29, 1.82) is 0 Å². The summed E-state index contributed by atoms with van der Waals surface area (Å²) in [7, 11) is 0. The molecule has 0 unspecified atom stereocenters. The minimum absolute atomic E-state index is 0.462. The van der Waals surface area contributed by atoms with Gasteiger partial charge in [-0.1, -0.05) is 0 Å². The van der Waals surface area contributed by atoms with Crippen LogP contribution < -0.4 is 0 Å². The van der Waals surface area contributed by atoms with Gasteiger partial charge >= 0.3 is 79.1 Å². The standard InChI is InChI=1S/C3H2O2.3C2H5.Sn/c1-2-3(4)5;3*1-2;/h1H,(H,4,5);3*1H2,2H3;/q;;;;+1/p-1. The molecule has 0 fully saturated rings. The van der Waals surface area contributed by atoms with E-state index in [9.17, 15) is 4.79 Å². The molecule has 0 bridgehead atoms. The first kappa shape index (κ1) is 11.8. The summed E-state index contributed by atoms with van der Waals surface area (Å²) in [4.78, 5) is 10.9.